The number of nitrogens with zero attached hydrogens (tertiary/aromatic N) is 4. The second kappa shape index (κ2) is 2.02. The molecule has 0 fully saturated rings. The van der Waals surface area contributed by atoms with E-state index in [1.807, 2.05) is 24.3 Å². The second-order valence-electron chi connectivity index (χ2n) is 2.47. The molecule has 0 aromatic carbocycles. The van der Waals surface area contributed by atoms with Crippen molar-refractivity contribution < 1.29 is 0 Å². The standard InChI is InChI=1S/C7H8N4/c1-5-3-4-8-7-10-9-6(2)11(5)7/h3-4H,1-2H3. The van der Waals surface area contributed by atoms with Crippen LogP contribution >= 0.6 is 0 Å². The first-order valence-corrected chi connectivity index (χ1v) is 3.42. The van der Waals surface area contributed by atoms with Gasteiger partial charge in [0.05, 0.1) is 0 Å². The maximum absolute atomic E-state index is 4.05. The second-order valence-corrected chi connectivity index (χ2v) is 2.47. The van der Waals surface area contributed by atoms with Crippen LogP contribution in [0.5, 0.6) is 0 Å². The highest BCUT2D eigenvalue weighted by Gasteiger charge is 2.01. The van der Waals surface area contributed by atoms with Crippen LogP contribution in [0.25, 0.3) is 5.78 Å². The van der Waals surface area contributed by atoms with E-state index in [0.717, 1.165) is 11.5 Å². The van der Waals surface area contributed by atoms with E-state index in [2.05, 4.69) is 15.2 Å². The van der Waals surface area contributed by atoms with Gasteiger partial charge in [-0.25, -0.2) is 4.98 Å². The molecule has 0 saturated heterocycles. The Morgan fingerprint density at radius 3 is 2.82 bits per heavy atom. The number of hydrogen-bond acceptors (Lipinski definition) is 3. The summed E-state index contributed by atoms with van der Waals surface area (Å²) in [6.07, 6.45) is 1.73. The van der Waals surface area contributed by atoms with Crippen molar-refractivity contribution in [2.45, 2.75) is 13.8 Å². The van der Waals surface area contributed by atoms with E-state index < -0.39 is 0 Å². The van der Waals surface area contributed by atoms with E-state index in [1.165, 1.54) is 0 Å². The summed E-state index contributed by atoms with van der Waals surface area (Å²) in [6.45, 7) is 3.92. The minimum atomic E-state index is 0.669. The quantitative estimate of drug-likeness (QED) is 0.553. The molecule has 0 aliphatic rings. The van der Waals surface area contributed by atoms with Gasteiger partial charge < -0.3 is 0 Å². The van der Waals surface area contributed by atoms with Crippen LogP contribution in [0.1, 0.15) is 11.5 Å². The van der Waals surface area contributed by atoms with Gasteiger partial charge in [-0.2, -0.15) is 0 Å². The zero-order valence-electron chi connectivity index (χ0n) is 6.44. The lowest BCUT2D eigenvalue weighted by molar-refractivity contribution is 0.969. The molecular weight excluding hydrogens is 140 g/mol. The highest BCUT2D eigenvalue weighted by atomic mass is 15.3. The zero-order valence-corrected chi connectivity index (χ0v) is 6.44. The van der Waals surface area contributed by atoms with E-state index in [9.17, 15) is 0 Å². The third-order valence-electron chi connectivity index (χ3n) is 1.67. The summed E-state index contributed by atoms with van der Waals surface area (Å²) >= 11 is 0. The van der Waals surface area contributed by atoms with Crippen LogP contribution in [-0.2, 0) is 0 Å². The van der Waals surface area contributed by atoms with Gasteiger partial charge in [0.15, 0.2) is 0 Å². The minimum absolute atomic E-state index is 0.669. The molecule has 0 atom stereocenters. The molecule has 2 aromatic heterocycles. The van der Waals surface area contributed by atoms with Gasteiger partial charge in [-0.3, -0.25) is 4.40 Å². The van der Waals surface area contributed by atoms with Crippen molar-refractivity contribution in [2.24, 2.45) is 0 Å². The lowest BCUT2D eigenvalue weighted by atomic mass is 10.4. The number of aryl methyl sites for hydroxylation is 2. The van der Waals surface area contributed by atoms with Gasteiger partial charge in [-0.1, -0.05) is 0 Å². The van der Waals surface area contributed by atoms with Crippen molar-refractivity contribution in [3.05, 3.63) is 23.8 Å². The Bertz CT molecular complexity index is 390. The number of hydrogen-bond donors (Lipinski definition) is 0. The Balaban J connectivity index is 2.96. The van der Waals surface area contributed by atoms with Crippen LogP contribution in [-0.4, -0.2) is 19.6 Å². The molecule has 56 valence electrons. The lowest BCUT2D eigenvalue weighted by Gasteiger charge is -1.96. The molecule has 11 heavy (non-hydrogen) atoms. The van der Waals surface area contributed by atoms with Crippen LogP contribution in [0.4, 0.5) is 0 Å². The average Bonchev–Trinajstić information content (AvgIpc) is 2.34. The molecule has 0 unspecified atom stereocenters. The van der Waals surface area contributed by atoms with Crippen molar-refractivity contribution in [1.29, 1.82) is 0 Å². The number of rotatable bonds is 0. The molecule has 0 aliphatic carbocycles. The monoisotopic (exact) mass is 148 g/mol. The third kappa shape index (κ3) is 0.790. The topological polar surface area (TPSA) is 43.1 Å². The molecule has 0 aliphatic heterocycles. The lowest BCUT2D eigenvalue weighted by Crippen LogP contribution is -1.94. The van der Waals surface area contributed by atoms with Gasteiger partial charge in [0, 0.05) is 11.9 Å². The summed E-state index contributed by atoms with van der Waals surface area (Å²) in [5, 5.41) is 7.79. The molecule has 2 heterocycles. The fourth-order valence-corrected chi connectivity index (χ4v) is 1.13. The highest BCUT2D eigenvalue weighted by molar-refractivity contribution is 5.29. The first-order chi connectivity index (χ1) is 5.29. The Kier molecular flexibility index (Phi) is 1.15. The smallest absolute Gasteiger partial charge is 0.255 e. The molecule has 0 N–H and O–H groups in total. The molecule has 0 spiro atoms. The average molecular weight is 148 g/mol. The SMILES string of the molecule is Cc1ccnc2nnc(C)n12. The van der Waals surface area contributed by atoms with Gasteiger partial charge in [0.25, 0.3) is 5.78 Å². The molecule has 0 radical (unpaired) electrons. The summed E-state index contributed by atoms with van der Waals surface area (Å²) in [6, 6.07) is 1.93. The van der Waals surface area contributed by atoms with Crippen LogP contribution in [0.3, 0.4) is 0 Å². The van der Waals surface area contributed by atoms with E-state index in [-0.39, 0.29) is 0 Å². The Hall–Kier alpha value is -1.45. The normalized spacial score (nSPS) is 10.7. The fourth-order valence-electron chi connectivity index (χ4n) is 1.13. The van der Waals surface area contributed by atoms with Gasteiger partial charge in [-0.05, 0) is 19.9 Å². The van der Waals surface area contributed by atoms with Gasteiger partial charge >= 0.3 is 0 Å². The number of fused-ring (bicyclic) bond motifs is 1. The molecular formula is C7H8N4. The van der Waals surface area contributed by atoms with E-state index >= 15 is 0 Å². The Morgan fingerprint density at radius 2 is 2.09 bits per heavy atom. The van der Waals surface area contributed by atoms with E-state index in [4.69, 9.17) is 0 Å². The third-order valence-corrected chi connectivity index (χ3v) is 1.67. The van der Waals surface area contributed by atoms with Crippen molar-refractivity contribution in [3.63, 3.8) is 0 Å². The Morgan fingerprint density at radius 1 is 1.27 bits per heavy atom. The fraction of sp³-hybridized carbons (Fsp3) is 0.286. The number of aromatic nitrogens is 4. The molecule has 4 nitrogen and oxygen atoms in total. The van der Waals surface area contributed by atoms with Crippen molar-refractivity contribution in [1.82, 2.24) is 19.6 Å². The maximum atomic E-state index is 4.05. The first-order valence-electron chi connectivity index (χ1n) is 3.42. The molecule has 0 amide bonds. The molecule has 0 saturated carbocycles. The summed E-state index contributed by atoms with van der Waals surface area (Å²) in [5.41, 5.74) is 1.11. The summed E-state index contributed by atoms with van der Waals surface area (Å²) < 4.78 is 1.92. The molecule has 2 aromatic rings. The highest BCUT2D eigenvalue weighted by Crippen LogP contribution is 2.02. The predicted molar refractivity (Wildman–Crippen MR) is 40.3 cm³/mol. The predicted octanol–water partition coefficient (Wildman–Crippen LogP) is 0.741. The summed E-state index contributed by atoms with van der Waals surface area (Å²) in [7, 11) is 0. The minimum Gasteiger partial charge on any atom is -0.268 e. The van der Waals surface area contributed by atoms with Crippen molar-refractivity contribution in [3.8, 4) is 0 Å². The first kappa shape index (κ1) is 6.27. The van der Waals surface area contributed by atoms with E-state index in [0.29, 0.717) is 5.78 Å². The summed E-state index contributed by atoms with van der Waals surface area (Å²) in [5.74, 6) is 1.55. The molecule has 2 rings (SSSR count). The van der Waals surface area contributed by atoms with Gasteiger partial charge in [-0.15, -0.1) is 10.2 Å². The van der Waals surface area contributed by atoms with Crippen LogP contribution in [0.15, 0.2) is 12.3 Å². The van der Waals surface area contributed by atoms with Crippen molar-refractivity contribution >= 4 is 5.78 Å². The maximum Gasteiger partial charge on any atom is 0.255 e. The van der Waals surface area contributed by atoms with Gasteiger partial charge in [0.1, 0.15) is 5.82 Å². The van der Waals surface area contributed by atoms with Crippen LogP contribution in [0, 0.1) is 13.8 Å². The van der Waals surface area contributed by atoms with Crippen molar-refractivity contribution in [2.75, 3.05) is 0 Å². The van der Waals surface area contributed by atoms with Crippen LogP contribution < -0.4 is 0 Å². The largest absolute Gasteiger partial charge is 0.268 e. The molecule has 0 bridgehead atoms. The Labute approximate surface area is 63.9 Å². The molecule has 4 heteroatoms. The summed E-state index contributed by atoms with van der Waals surface area (Å²) in [4.78, 5) is 4.05. The van der Waals surface area contributed by atoms with E-state index in [1.54, 1.807) is 6.20 Å². The van der Waals surface area contributed by atoms with Gasteiger partial charge in [0.2, 0.25) is 0 Å². The zero-order chi connectivity index (χ0) is 7.84. The van der Waals surface area contributed by atoms with Crippen LogP contribution in [0.2, 0.25) is 0 Å².